The number of hydrogen-bond donors (Lipinski definition) is 1. The van der Waals surface area contributed by atoms with Crippen molar-refractivity contribution in [3.05, 3.63) is 29.3 Å². The number of likely N-dealkylation sites (tertiary alicyclic amines) is 1. The van der Waals surface area contributed by atoms with Gasteiger partial charge < -0.3 is 14.9 Å². The van der Waals surface area contributed by atoms with Crippen molar-refractivity contribution in [2.24, 2.45) is 5.41 Å². The average Bonchev–Trinajstić information content (AvgIpc) is 2.70. The molecular formula is C15H20N2O2. The Kier molecular flexibility index (Phi) is 2.78. The highest BCUT2D eigenvalue weighted by Crippen LogP contribution is 2.41. The largest absolute Gasteiger partial charge is 0.478 e. The molecule has 2 saturated heterocycles. The molecule has 19 heavy (non-hydrogen) atoms. The Hall–Kier alpha value is -1.55. The molecule has 0 atom stereocenters. The summed E-state index contributed by atoms with van der Waals surface area (Å²) in [6.07, 6.45) is 1.26. The van der Waals surface area contributed by atoms with Crippen molar-refractivity contribution < 1.29 is 9.90 Å². The fraction of sp³-hybridized carbons (Fsp3) is 0.533. The van der Waals surface area contributed by atoms with Crippen molar-refractivity contribution in [3.63, 3.8) is 0 Å². The number of carbonyl (C=O) groups is 1. The van der Waals surface area contributed by atoms with E-state index in [1.54, 1.807) is 0 Å². The molecule has 0 saturated carbocycles. The molecule has 0 aliphatic carbocycles. The summed E-state index contributed by atoms with van der Waals surface area (Å²) in [4.78, 5) is 15.9. The maximum absolute atomic E-state index is 11.2. The summed E-state index contributed by atoms with van der Waals surface area (Å²) in [7, 11) is 2.17. The van der Waals surface area contributed by atoms with Crippen molar-refractivity contribution >= 4 is 11.7 Å². The number of nitrogens with zero attached hydrogens (tertiary/aromatic N) is 2. The Morgan fingerprint density at radius 2 is 2.05 bits per heavy atom. The number of hydrogen-bond acceptors (Lipinski definition) is 3. The van der Waals surface area contributed by atoms with Crippen molar-refractivity contribution in [2.45, 2.75) is 13.3 Å². The van der Waals surface area contributed by atoms with Gasteiger partial charge in [0.25, 0.3) is 0 Å². The van der Waals surface area contributed by atoms with E-state index < -0.39 is 5.97 Å². The van der Waals surface area contributed by atoms with Gasteiger partial charge in [0.2, 0.25) is 0 Å². The van der Waals surface area contributed by atoms with E-state index in [1.807, 2.05) is 25.1 Å². The first-order chi connectivity index (χ1) is 8.99. The Bertz CT molecular complexity index is 521. The molecule has 4 nitrogen and oxygen atoms in total. The molecule has 2 heterocycles. The molecule has 0 radical (unpaired) electrons. The highest BCUT2D eigenvalue weighted by atomic mass is 16.4. The summed E-state index contributed by atoms with van der Waals surface area (Å²) < 4.78 is 0. The lowest BCUT2D eigenvalue weighted by Gasteiger charge is -2.49. The predicted octanol–water partition coefficient (Wildman–Crippen LogP) is 1.84. The first-order valence-corrected chi connectivity index (χ1v) is 6.77. The fourth-order valence-corrected chi connectivity index (χ4v) is 3.40. The summed E-state index contributed by atoms with van der Waals surface area (Å²) in [6.45, 7) is 6.30. The van der Waals surface area contributed by atoms with Crippen LogP contribution in [0.3, 0.4) is 0 Å². The minimum Gasteiger partial charge on any atom is -0.478 e. The third-order valence-electron chi connectivity index (χ3n) is 4.50. The monoisotopic (exact) mass is 260 g/mol. The second kappa shape index (κ2) is 4.23. The third-order valence-corrected chi connectivity index (χ3v) is 4.50. The molecule has 0 aromatic heterocycles. The van der Waals surface area contributed by atoms with Gasteiger partial charge in [0, 0.05) is 30.7 Å². The number of carboxylic acids is 1. The Labute approximate surface area is 113 Å². The van der Waals surface area contributed by atoms with Gasteiger partial charge in [-0.3, -0.25) is 0 Å². The molecule has 0 unspecified atom stereocenters. The molecule has 0 bridgehead atoms. The van der Waals surface area contributed by atoms with Crippen LogP contribution < -0.4 is 4.90 Å². The zero-order valence-corrected chi connectivity index (χ0v) is 11.5. The van der Waals surface area contributed by atoms with E-state index in [9.17, 15) is 9.90 Å². The van der Waals surface area contributed by atoms with E-state index in [0.29, 0.717) is 11.0 Å². The lowest BCUT2D eigenvalue weighted by atomic mass is 9.78. The molecule has 1 spiro atoms. The summed E-state index contributed by atoms with van der Waals surface area (Å²) in [5.41, 5.74) is 2.74. The lowest BCUT2D eigenvalue weighted by molar-refractivity contribution is 0.0696. The summed E-state index contributed by atoms with van der Waals surface area (Å²) in [5.74, 6) is -0.838. The topological polar surface area (TPSA) is 43.8 Å². The third kappa shape index (κ3) is 2.10. The van der Waals surface area contributed by atoms with E-state index in [1.165, 1.54) is 19.5 Å². The van der Waals surface area contributed by atoms with Crippen molar-refractivity contribution in [2.75, 3.05) is 38.1 Å². The van der Waals surface area contributed by atoms with Crippen LogP contribution in [-0.2, 0) is 0 Å². The van der Waals surface area contributed by atoms with Gasteiger partial charge in [-0.1, -0.05) is 6.07 Å². The Balaban J connectivity index is 1.75. The summed E-state index contributed by atoms with van der Waals surface area (Å²) >= 11 is 0. The normalized spacial score (nSPS) is 21.7. The van der Waals surface area contributed by atoms with Crippen LogP contribution in [0.15, 0.2) is 18.2 Å². The maximum Gasteiger partial charge on any atom is 0.336 e. The minimum absolute atomic E-state index is 0.419. The number of benzene rings is 1. The van der Waals surface area contributed by atoms with Gasteiger partial charge in [-0.25, -0.2) is 4.79 Å². The first kappa shape index (κ1) is 12.5. The van der Waals surface area contributed by atoms with Crippen LogP contribution in [0.4, 0.5) is 5.69 Å². The zero-order chi connectivity index (χ0) is 13.6. The summed E-state index contributed by atoms with van der Waals surface area (Å²) in [6, 6.07) is 5.75. The molecule has 4 heteroatoms. The van der Waals surface area contributed by atoms with Crippen LogP contribution >= 0.6 is 0 Å². The van der Waals surface area contributed by atoms with Crippen molar-refractivity contribution in [3.8, 4) is 0 Å². The second-order valence-electron chi connectivity index (χ2n) is 6.15. The molecule has 0 amide bonds. The van der Waals surface area contributed by atoms with Gasteiger partial charge in [0.1, 0.15) is 0 Å². The highest BCUT2D eigenvalue weighted by Gasteiger charge is 2.46. The van der Waals surface area contributed by atoms with E-state index in [4.69, 9.17) is 0 Å². The molecule has 1 aromatic rings. The number of rotatable bonds is 2. The van der Waals surface area contributed by atoms with Crippen LogP contribution in [0.2, 0.25) is 0 Å². The van der Waals surface area contributed by atoms with Gasteiger partial charge in [-0.15, -0.1) is 0 Å². The number of aryl methyl sites for hydroxylation is 1. The SMILES string of the molecule is Cc1ccc(N2CC3(CCN(C)C3)C2)cc1C(=O)O. The molecule has 1 N–H and O–H groups in total. The summed E-state index contributed by atoms with van der Waals surface area (Å²) in [5, 5.41) is 9.18. The van der Waals surface area contributed by atoms with E-state index in [0.717, 1.165) is 24.3 Å². The molecule has 102 valence electrons. The number of carboxylic acid groups (broad SMARTS) is 1. The van der Waals surface area contributed by atoms with Crippen LogP contribution in [0, 0.1) is 12.3 Å². The van der Waals surface area contributed by atoms with E-state index in [-0.39, 0.29) is 0 Å². The molecule has 3 rings (SSSR count). The van der Waals surface area contributed by atoms with Gasteiger partial charge in [-0.2, -0.15) is 0 Å². The highest BCUT2D eigenvalue weighted by molar-refractivity contribution is 5.90. The quantitative estimate of drug-likeness (QED) is 0.881. The Morgan fingerprint density at radius 1 is 1.32 bits per heavy atom. The molecule has 1 aromatic carbocycles. The van der Waals surface area contributed by atoms with Crippen LogP contribution in [0.1, 0.15) is 22.3 Å². The maximum atomic E-state index is 11.2. The van der Waals surface area contributed by atoms with Crippen LogP contribution in [0.25, 0.3) is 0 Å². The van der Waals surface area contributed by atoms with E-state index >= 15 is 0 Å². The lowest BCUT2D eigenvalue weighted by Crippen LogP contribution is -2.57. The van der Waals surface area contributed by atoms with Crippen LogP contribution in [0.5, 0.6) is 0 Å². The first-order valence-electron chi connectivity index (χ1n) is 6.77. The minimum atomic E-state index is -0.838. The van der Waals surface area contributed by atoms with Gasteiger partial charge >= 0.3 is 5.97 Å². The Morgan fingerprint density at radius 3 is 2.63 bits per heavy atom. The molecule has 2 aliphatic heterocycles. The van der Waals surface area contributed by atoms with Gasteiger partial charge in [-0.05, 0) is 44.6 Å². The fourth-order valence-electron chi connectivity index (χ4n) is 3.40. The predicted molar refractivity (Wildman–Crippen MR) is 74.9 cm³/mol. The standard InChI is InChI=1S/C15H20N2O2/c1-11-3-4-12(7-13(11)14(18)19)17-9-15(10-17)5-6-16(2)8-15/h3-4,7H,5-6,8-10H2,1-2H3,(H,18,19). The van der Waals surface area contributed by atoms with Crippen molar-refractivity contribution in [1.82, 2.24) is 4.90 Å². The van der Waals surface area contributed by atoms with Gasteiger partial charge in [0.15, 0.2) is 0 Å². The number of aromatic carboxylic acids is 1. The average molecular weight is 260 g/mol. The second-order valence-corrected chi connectivity index (χ2v) is 6.15. The number of anilines is 1. The van der Waals surface area contributed by atoms with Gasteiger partial charge in [0.05, 0.1) is 5.56 Å². The van der Waals surface area contributed by atoms with Crippen molar-refractivity contribution in [1.29, 1.82) is 0 Å². The van der Waals surface area contributed by atoms with E-state index in [2.05, 4.69) is 16.8 Å². The molecule has 2 fully saturated rings. The molecular weight excluding hydrogens is 240 g/mol. The van der Waals surface area contributed by atoms with Crippen LogP contribution in [-0.4, -0.2) is 49.2 Å². The zero-order valence-electron chi connectivity index (χ0n) is 11.5. The molecule has 2 aliphatic rings. The smallest absolute Gasteiger partial charge is 0.336 e.